The van der Waals surface area contributed by atoms with Crippen LogP contribution in [-0.2, 0) is 6.54 Å². The number of hydrogen-bond donors (Lipinski definition) is 0. The molecule has 0 N–H and O–H groups in total. The molecule has 29 heavy (non-hydrogen) atoms. The smallest absolute Gasteiger partial charge is 0.287 e. The zero-order chi connectivity index (χ0) is 20.1. The second-order valence-corrected chi connectivity index (χ2v) is 7.72. The van der Waals surface area contributed by atoms with Crippen molar-refractivity contribution in [3.05, 3.63) is 87.8 Å². The molecule has 1 fully saturated rings. The van der Waals surface area contributed by atoms with Crippen LogP contribution in [0.25, 0.3) is 0 Å². The van der Waals surface area contributed by atoms with E-state index >= 15 is 0 Å². The number of rotatable bonds is 6. The number of halogens is 1. The van der Waals surface area contributed by atoms with Crippen molar-refractivity contribution < 1.29 is 4.74 Å². The summed E-state index contributed by atoms with van der Waals surface area (Å²) in [5.74, 6) is 1.40. The predicted octanol–water partition coefficient (Wildman–Crippen LogP) is 4.24. The highest BCUT2D eigenvalue weighted by molar-refractivity contribution is 6.33. The summed E-state index contributed by atoms with van der Waals surface area (Å²) in [6.45, 7) is 2.81. The molecule has 3 aromatic rings. The van der Waals surface area contributed by atoms with Crippen molar-refractivity contribution in [1.29, 1.82) is 0 Å². The zero-order valence-electron chi connectivity index (χ0n) is 16.2. The highest BCUT2D eigenvalue weighted by atomic mass is 35.5. The third-order valence-corrected chi connectivity index (χ3v) is 5.68. The van der Waals surface area contributed by atoms with Gasteiger partial charge in [0.25, 0.3) is 5.56 Å². The van der Waals surface area contributed by atoms with Crippen LogP contribution in [0, 0.1) is 5.92 Å². The Hall–Kier alpha value is -2.79. The molecule has 1 aliphatic rings. The molecule has 0 radical (unpaired) electrons. The largest absolute Gasteiger partial charge is 0.493 e. The van der Waals surface area contributed by atoms with E-state index < -0.39 is 0 Å². The maximum Gasteiger partial charge on any atom is 0.287 e. The van der Waals surface area contributed by atoms with Crippen LogP contribution in [-0.4, -0.2) is 29.5 Å². The van der Waals surface area contributed by atoms with Gasteiger partial charge in [0.15, 0.2) is 0 Å². The van der Waals surface area contributed by atoms with E-state index in [1.54, 1.807) is 6.20 Å². The second kappa shape index (κ2) is 9.14. The van der Waals surface area contributed by atoms with Crippen molar-refractivity contribution in [2.75, 3.05) is 24.6 Å². The number of benzene rings is 2. The van der Waals surface area contributed by atoms with Crippen LogP contribution in [0.2, 0.25) is 5.02 Å². The number of para-hydroxylation sites is 1. The molecule has 5 nitrogen and oxygen atoms in total. The Bertz CT molecular complexity index is 984. The molecule has 0 atom stereocenters. The van der Waals surface area contributed by atoms with E-state index in [1.807, 2.05) is 60.7 Å². The quantitative estimate of drug-likeness (QED) is 0.611. The summed E-state index contributed by atoms with van der Waals surface area (Å²) < 4.78 is 7.31. The molecule has 0 spiro atoms. The predicted molar refractivity (Wildman–Crippen MR) is 116 cm³/mol. The van der Waals surface area contributed by atoms with Gasteiger partial charge in [-0.2, -0.15) is 5.10 Å². The first-order valence-corrected chi connectivity index (χ1v) is 10.3. The molecule has 1 aliphatic heterocycles. The Kier molecular flexibility index (Phi) is 6.15. The molecule has 1 saturated heterocycles. The maximum absolute atomic E-state index is 12.7. The lowest BCUT2D eigenvalue weighted by Crippen LogP contribution is -2.37. The lowest BCUT2D eigenvalue weighted by Gasteiger charge is -2.33. The van der Waals surface area contributed by atoms with Gasteiger partial charge in [-0.05, 0) is 36.5 Å². The van der Waals surface area contributed by atoms with Gasteiger partial charge in [0.2, 0.25) is 0 Å². The third kappa shape index (κ3) is 4.80. The summed E-state index contributed by atoms with van der Waals surface area (Å²) in [6, 6.07) is 19.7. The van der Waals surface area contributed by atoms with Gasteiger partial charge in [-0.15, -0.1) is 0 Å². The van der Waals surface area contributed by atoms with Crippen LogP contribution in [0.5, 0.6) is 5.75 Å². The monoisotopic (exact) mass is 409 g/mol. The average Bonchev–Trinajstić information content (AvgIpc) is 2.78. The summed E-state index contributed by atoms with van der Waals surface area (Å²) in [4.78, 5) is 14.8. The first kappa shape index (κ1) is 19.5. The van der Waals surface area contributed by atoms with Gasteiger partial charge in [0.1, 0.15) is 10.8 Å². The topological polar surface area (TPSA) is 47.4 Å². The van der Waals surface area contributed by atoms with E-state index in [0.29, 0.717) is 19.1 Å². The van der Waals surface area contributed by atoms with Crippen LogP contribution in [0.15, 0.2) is 71.7 Å². The Morgan fingerprint density at radius 2 is 1.66 bits per heavy atom. The van der Waals surface area contributed by atoms with Crippen molar-refractivity contribution in [3.63, 3.8) is 0 Å². The third-order valence-electron chi connectivity index (χ3n) is 5.33. The molecule has 1 aromatic heterocycles. The number of nitrogens with zero attached hydrogens (tertiary/aromatic N) is 3. The average molecular weight is 410 g/mol. The van der Waals surface area contributed by atoms with Crippen molar-refractivity contribution >= 4 is 17.3 Å². The highest BCUT2D eigenvalue weighted by Gasteiger charge is 2.23. The minimum atomic E-state index is -0.248. The number of anilines is 1. The van der Waals surface area contributed by atoms with Gasteiger partial charge in [0, 0.05) is 13.1 Å². The molecule has 0 bridgehead atoms. The Morgan fingerprint density at radius 1 is 1.00 bits per heavy atom. The normalized spacial score (nSPS) is 14.7. The lowest BCUT2D eigenvalue weighted by molar-refractivity contribution is 0.223. The van der Waals surface area contributed by atoms with Crippen LogP contribution >= 0.6 is 11.6 Å². The minimum Gasteiger partial charge on any atom is -0.493 e. The van der Waals surface area contributed by atoms with Gasteiger partial charge in [0.05, 0.1) is 25.0 Å². The number of piperidine rings is 1. The van der Waals surface area contributed by atoms with Crippen LogP contribution in [0.4, 0.5) is 5.69 Å². The van der Waals surface area contributed by atoms with E-state index in [2.05, 4.69) is 10.00 Å². The highest BCUT2D eigenvalue weighted by Crippen LogP contribution is 2.27. The fourth-order valence-corrected chi connectivity index (χ4v) is 3.88. The van der Waals surface area contributed by atoms with Crippen LogP contribution in [0.3, 0.4) is 0 Å². The standard InChI is InChI=1S/C23H24ClN3O2/c24-22-21(15-25-27(23(22)28)16-18-7-3-1-4-8-18)26-13-11-19(12-14-26)17-29-20-9-5-2-6-10-20/h1-10,15,19H,11-14,16-17H2. The SMILES string of the molecule is O=c1c(Cl)c(N2CCC(COc3ccccc3)CC2)cnn1Cc1ccccc1. The van der Waals surface area contributed by atoms with Crippen LogP contribution in [0.1, 0.15) is 18.4 Å². The molecule has 2 heterocycles. The summed E-state index contributed by atoms with van der Waals surface area (Å²) in [5, 5.41) is 4.60. The Morgan fingerprint density at radius 3 is 2.34 bits per heavy atom. The van der Waals surface area contributed by atoms with Crippen molar-refractivity contribution in [2.24, 2.45) is 5.92 Å². The summed E-state index contributed by atoms with van der Waals surface area (Å²) in [6.07, 6.45) is 3.71. The molecule has 6 heteroatoms. The summed E-state index contributed by atoms with van der Waals surface area (Å²) in [5.41, 5.74) is 1.50. The Labute approximate surface area is 175 Å². The van der Waals surface area contributed by atoms with E-state index in [9.17, 15) is 4.79 Å². The number of hydrogen-bond acceptors (Lipinski definition) is 4. The summed E-state index contributed by atoms with van der Waals surface area (Å²) >= 11 is 6.44. The molecule has 4 rings (SSSR count). The molecule has 0 unspecified atom stereocenters. The first-order valence-electron chi connectivity index (χ1n) is 9.93. The fourth-order valence-electron chi connectivity index (χ4n) is 3.62. The van der Waals surface area contributed by atoms with E-state index in [4.69, 9.17) is 16.3 Å². The molecule has 0 aliphatic carbocycles. The molecular formula is C23H24ClN3O2. The van der Waals surface area contributed by atoms with Gasteiger partial charge < -0.3 is 9.64 Å². The maximum atomic E-state index is 12.7. The molecule has 0 saturated carbocycles. The van der Waals surface area contributed by atoms with Gasteiger partial charge >= 0.3 is 0 Å². The number of ether oxygens (including phenoxy) is 1. The van der Waals surface area contributed by atoms with Crippen molar-refractivity contribution in [1.82, 2.24) is 9.78 Å². The minimum absolute atomic E-state index is 0.245. The molecule has 0 amide bonds. The Balaban J connectivity index is 1.37. The van der Waals surface area contributed by atoms with Crippen molar-refractivity contribution in [3.8, 4) is 5.75 Å². The van der Waals surface area contributed by atoms with E-state index in [1.165, 1.54) is 4.68 Å². The van der Waals surface area contributed by atoms with Gasteiger partial charge in [-0.25, -0.2) is 4.68 Å². The molecular weight excluding hydrogens is 386 g/mol. The van der Waals surface area contributed by atoms with Crippen molar-refractivity contribution in [2.45, 2.75) is 19.4 Å². The van der Waals surface area contributed by atoms with Gasteiger partial charge in [-0.1, -0.05) is 60.1 Å². The lowest BCUT2D eigenvalue weighted by atomic mass is 9.97. The molecule has 2 aromatic carbocycles. The first-order chi connectivity index (χ1) is 14.2. The second-order valence-electron chi connectivity index (χ2n) is 7.35. The van der Waals surface area contributed by atoms with E-state index in [-0.39, 0.29) is 10.6 Å². The van der Waals surface area contributed by atoms with Gasteiger partial charge in [-0.3, -0.25) is 4.79 Å². The summed E-state index contributed by atoms with van der Waals surface area (Å²) in [7, 11) is 0. The fraction of sp³-hybridized carbons (Fsp3) is 0.304. The zero-order valence-corrected chi connectivity index (χ0v) is 17.0. The van der Waals surface area contributed by atoms with Crippen LogP contribution < -0.4 is 15.2 Å². The van der Waals surface area contributed by atoms with E-state index in [0.717, 1.165) is 42.9 Å². The number of aromatic nitrogens is 2. The molecule has 150 valence electrons.